The lowest BCUT2D eigenvalue weighted by Crippen LogP contribution is -2.17. The molecule has 8 heteroatoms. The summed E-state index contributed by atoms with van der Waals surface area (Å²) < 4.78 is 15.6. The van der Waals surface area contributed by atoms with Crippen molar-refractivity contribution in [2.24, 2.45) is 5.10 Å². The summed E-state index contributed by atoms with van der Waals surface area (Å²) in [6, 6.07) is 14.7. The first-order chi connectivity index (χ1) is 14.0. The second kappa shape index (κ2) is 9.11. The van der Waals surface area contributed by atoms with Gasteiger partial charge in [0.1, 0.15) is 10.6 Å². The highest BCUT2D eigenvalue weighted by Gasteiger charge is 2.15. The second-order valence-corrected chi connectivity index (χ2v) is 6.99. The van der Waals surface area contributed by atoms with Gasteiger partial charge in [-0.1, -0.05) is 0 Å². The van der Waals surface area contributed by atoms with E-state index in [1.165, 1.54) is 17.6 Å². The maximum absolute atomic E-state index is 12.5. The predicted molar refractivity (Wildman–Crippen MR) is 115 cm³/mol. The van der Waals surface area contributed by atoms with Gasteiger partial charge in [0.25, 0.3) is 5.91 Å². The molecular formula is C21H21N3O4S. The lowest BCUT2D eigenvalue weighted by Gasteiger charge is -2.07. The van der Waals surface area contributed by atoms with Crippen molar-refractivity contribution < 1.29 is 19.0 Å². The van der Waals surface area contributed by atoms with E-state index in [4.69, 9.17) is 19.9 Å². The number of hydrogen-bond acceptors (Lipinski definition) is 7. The zero-order chi connectivity index (χ0) is 20.8. The molecule has 0 unspecified atom stereocenters. The van der Waals surface area contributed by atoms with Crippen LogP contribution < -0.4 is 25.4 Å². The van der Waals surface area contributed by atoms with Crippen molar-refractivity contribution in [2.45, 2.75) is 0 Å². The third kappa shape index (κ3) is 4.67. The Hall–Kier alpha value is -3.52. The van der Waals surface area contributed by atoms with Gasteiger partial charge in [0.15, 0.2) is 11.5 Å². The van der Waals surface area contributed by atoms with Crippen molar-refractivity contribution in [1.29, 1.82) is 0 Å². The van der Waals surface area contributed by atoms with Crippen LogP contribution in [-0.4, -0.2) is 33.5 Å². The molecule has 1 aromatic heterocycles. The lowest BCUT2D eigenvalue weighted by molar-refractivity contribution is 0.0960. The fraction of sp³-hybridized carbons (Fsp3) is 0.143. The Morgan fingerprint density at radius 1 is 1.00 bits per heavy atom. The number of methoxy groups -OCH3 is 3. The number of rotatable bonds is 7. The Morgan fingerprint density at radius 3 is 2.38 bits per heavy atom. The van der Waals surface area contributed by atoms with E-state index in [0.717, 1.165) is 21.8 Å². The predicted octanol–water partition coefficient (Wildman–Crippen LogP) is 3.79. The van der Waals surface area contributed by atoms with E-state index in [1.807, 2.05) is 24.3 Å². The molecule has 1 amide bonds. The van der Waals surface area contributed by atoms with Crippen LogP contribution in [0.3, 0.4) is 0 Å². The van der Waals surface area contributed by atoms with E-state index in [-0.39, 0.29) is 5.91 Å². The van der Waals surface area contributed by atoms with Gasteiger partial charge in [0.05, 0.1) is 33.2 Å². The normalized spacial score (nSPS) is 10.7. The minimum Gasteiger partial charge on any atom is -0.497 e. The van der Waals surface area contributed by atoms with Crippen LogP contribution in [0.4, 0.5) is 5.69 Å². The number of thiophene rings is 1. The molecule has 29 heavy (non-hydrogen) atoms. The molecule has 3 rings (SSSR count). The number of carbonyl (C=O) groups is 1. The summed E-state index contributed by atoms with van der Waals surface area (Å²) >= 11 is 1.30. The summed E-state index contributed by atoms with van der Waals surface area (Å²) in [7, 11) is 4.74. The summed E-state index contributed by atoms with van der Waals surface area (Å²) in [5, 5.41) is 4.01. The number of ether oxygens (including phenoxy) is 3. The standard InChI is InChI=1S/C21H21N3O4S/c1-26-15-7-5-14(6-8-15)19-11-16(22)20(29-19)21(25)24-23-12-13-4-9-17(27-2)18(10-13)28-3/h4-12H,22H2,1-3H3,(H,24,25)/b23-12-. The van der Waals surface area contributed by atoms with Gasteiger partial charge in [-0.3, -0.25) is 4.79 Å². The van der Waals surface area contributed by atoms with E-state index < -0.39 is 0 Å². The molecule has 0 bridgehead atoms. The highest BCUT2D eigenvalue weighted by Crippen LogP contribution is 2.34. The van der Waals surface area contributed by atoms with Crippen LogP contribution in [0.25, 0.3) is 10.4 Å². The molecule has 1 heterocycles. The van der Waals surface area contributed by atoms with Crippen molar-refractivity contribution in [3.63, 3.8) is 0 Å². The van der Waals surface area contributed by atoms with Crippen LogP contribution in [0.5, 0.6) is 17.2 Å². The molecule has 0 aliphatic carbocycles. The van der Waals surface area contributed by atoms with Crippen LogP contribution in [0, 0.1) is 0 Å². The van der Waals surface area contributed by atoms with Crippen LogP contribution in [-0.2, 0) is 0 Å². The Balaban J connectivity index is 1.71. The molecule has 3 N–H and O–H groups in total. The van der Waals surface area contributed by atoms with Gasteiger partial charge in [0, 0.05) is 4.88 Å². The molecule has 3 aromatic rings. The first-order valence-electron chi connectivity index (χ1n) is 8.65. The first kappa shape index (κ1) is 20.2. The topological polar surface area (TPSA) is 95.2 Å². The molecule has 0 aliphatic rings. The van der Waals surface area contributed by atoms with Crippen molar-refractivity contribution in [2.75, 3.05) is 27.1 Å². The zero-order valence-corrected chi connectivity index (χ0v) is 17.1. The number of nitrogens with one attached hydrogen (secondary N) is 1. The van der Waals surface area contributed by atoms with Crippen LogP contribution in [0.1, 0.15) is 15.2 Å². The highest BCUT2D eigenvalue weighted by molar-refractivity contribution is 7.18. The van der Waals surface area contributed by atoms with Crippen molar-refractivity contribution in [3.8, 4) is 27.7 Å². The van der Waals surface area contributed by atoms with Gasteiger partial charge in [-0.05, 0) is 59.7 Å². The molecule has 0 spiro atoms. The van der Waals surface area contributed by atoms with Crippen molar-refractivity contribution in [1.82, 2.24) is 5.43 Å². The minimum atomic E-state index is -0.371. The molecular weight excluding hydrogens is 390 g/mol. The zero-order valence-electron chi connectivity index (χ0n) is 16.3. The average Bonchev–Trinajstić information content (AvgIpc) is 3.15. The van der Waals surface area contributed by atoms with E-state index in [2.05, 4.69) is 10.5 Å². The number of hydrogen-bond donors (Lipinski definition) is 2. The maximum Gasteiger partial charge on any atom is 0.283 e. The van der Waals surface area contributed by atoms with Crippen molar-refractivity contribution >= 4 is 29.1 Å². The quantitative estimate of drug-likeness (QED) is 0.456. The SMILES string of the molecule is COc1ccc(-c2cc(N)c(C(=O)N/N=C\c3ccc(OC)c(OC)c3)s2)cc1. The fourth-order valence-corrected chi connectivity index (χ4v) is 3.60. The maximum atomic E-state index is 12.5. The Kier molecular flexibility index (Phi) is 6.36. The minimum absolute atomic E-state index is 0.371. The van der Waals surface area contributed by atoms with Gasteiger partial charge in [-0.15, -0.1) is 11.3 Å². The van der Waals surface area contributed by atoms with Gasteiger partial charge in [0.2, 0.25) is 0 Å². The average molecular weight is 411 g/mol. The lowest BCUT2D eigenvalue weighted by atomic mass is 10.2. The van der Waals surface area contributed by atoms with E-state index in [9.17, 15) is 4.79 Å². The van der Waals surface area contributed by atoms with E-state index in [1.54, 1.807) is 45.6 Å². The third-order valence-electron chi connectivity index (χ3n) is 4.13. The number of carbonyl (C=O) groups excluding carboxylic acids is 1. The fourth-order valence-electron chi connectivity index (χ4n) is 2.63. The van der Waals surface area contributed by atoms with Gasteiger partial charge in [-0.25, -0.2) is 5.43 Å². The number of benzene rings is 2. The van der Waals surface area contributed by atoms with Crippen LogP contribution in [0.2, 0.25) is 0 Å². The van der Waals surface area contributed by atoms with Crippen LogP contribution >= 0.6 is 11.3 Å². The summed E-state index contributed by atoms with van der Waals surface area (Å²) in [6.07, 6.45) is 1.52. The number of nitrogens with zero attached hydrogens (tertiary/aromatic N) is 1. The molecule has 7 nitrogen and oxygen atoms in total. The number of hydrazone groups is 1. The molecule has 0 atom stereocenters. The smallest absolute Gasteiger partial charge is 0.283 e. The monoisotopic (exact) mass is 411 g/mol. The van der Waals surface area contributed by atoms with E-state index in [0.29, 0.717) is 22.1 Å². The number of anilines is 1. The van der Waals surface area contributed by atoms with Gasteiger partial charge in [-0.2, -0.15) is 5.10 Å². The molecule has 0 saturated carbocycles. The number of amides is 1. The number of nitrogen functional groups attached to an aromatic ring is 1. The first-order valence-corrected chi connectivity index (χ1v) is 9.46. The number of nitrogens with two attached hydrogens (primary N) is 1. The van der Waals surface area contributed by atoms with Crippen molar-refractivity contribution in [3.05, 3.63) is 59.0 Å². The van der Waals surface area contributed by atoms with Gasteiger partial charge < -0.3 is 19.9 Å². The Morgan fingerprint density at radius 2 is 1.72 bits per heavy atom. The summed E-state index contributed by atoms with van der Waals surface area (Å²) in [5.74, 6) is 1.59. The second-order valence-electron chi connectivity index (χ2n) is 5.94. The van der Waals surface area contributed by atoms with E-state index >= 15 is 0 Å². The molecule has 0 fully saturated rings. The highest BCUT2D eigenvalue weighted by atomic mass is 32.1. The molecule has 2 aromatic carbocycles. The molecule has 150 valence electrons. The summed E-state index contributed by atoms with van der Waals surface area (Å²) in [4.78, 5) is 13.8. The van der Waals surface area contributed by atoms with Gasteiger partial charge >= 0.3 is 0 Å². The molecule has 0 aliphatic heterocycles. The third-order valence-corrected chi connectivity index (χ3v) is 5.33. The molecule has 0 saturated heterocycles. The van der Waals surface area contributed by atoms with Crippen LogP contribution in [0.15, 0.2) is 53.6 Å². The largest absolute Gasteiger partial charge is 0.497 e. The summed E-state index contributed by atoms with van der Waals surface area (Å²) in [5.41, 5.74) is 10.6. The Bertz CT molecular complexity index is 1030. The summed E-state index contributed by atoms with van der Waals surface area (Å²) in [6.45, 7) is 0. The Labute approximate surface area is 172 Å². The molecule has 0 radical (unpaired) electrons.